The van der Waals surface area contributed by atoms with Crippen LogP contribution in [0, 0.1) is 11.7 Å². The molecule has 1 aliphatic rings. The van der Waals surface area contributed by atoms with Gasteiger partial charge in [-0.25, -0.2) is 4.39 Å². The Kier molecular flexibility index (Phi) is 4.04. The van der Waals surface area contributed by atoms with Gasteiger partial charge in [-0.2, -0.15) is 0 Å². The minimum Gasteiger partial charge on any atom is -0.480 e. The summed E-state index contributed by atoms with van der Waals surface area (Å²) in [4.78, 5) is 24.2. The van der Waals surface area contributed by atoms with Crippen LogP contribution in [0.2, 0.25) is 5.02 Å². The van der Waals surface area contributed by atoms with E-state index in [4.69, 9.17) is 16.7 Å². The van der Waals surface area contributed by atoms with Crippen LogP contribution in [0.1, 0.15) is 23.2 Å². The lowest BCUT2D eigenvalue weighted by Crippen LogP contribution is -2.37. The normalized spacial score (nSPS) is 14.2. The van der Waals surface area contributed by atoms with Crippen LogP contribution < -0.4 is 0 Å². The summed E-state index contributed by atoms with van der Waals surface area (Å²) in [7, 11) is 0. The van der Waals surface area contributed by atoms with Crippen molar-refractivity contribution < 1.29 is 19.1 Å². The molecule has 1 N–H and O–H groups in total. The van der Waals surface area contributed by atoms with E-state index in [1.165, 1.54) is 17.0 Å². The highest BCUT2D eigenvalue weighted by molar-refractivity contribution is 6.31. The number of amides is 1. The van der Waals surface area contributed by atoms with Crippen LogP contribution in [-0.2, 0) is 4.79 Å². The van der Waals surface area contributed by atoms with Crippen molar-refractivity contribution in [1.29, 1.82) is 0 Å². The lowest BCUT2D eigenvalue weighted by molar-refractivity contribution is -0.137. The molecule has 1 aromatic carbocycles. The molecule has 0 aromatic heterocycles. The van der Waals surface area contributed by atoms with Crippen molar-refractivity contribution in [1.82, 2.24) is 4.90 Å². The molecular weight excluding hydrogens is 273 g/mol. The highest BCUT2D eigenvalue weighted by Gasteiger charge is 2.28. The largest absolute Gasteiger partial charge is 0.480 e. The summed E-state index contributed by atoms with van der Waals surface area (Å²) in [5.74, 6) is -1.73. The average Bonchev–Trinajstić information content (AvgIpc) is 3.14. The van der Waals surface area contributed by atoms with Crippen molar-refractivity contribution in [2.75, 3.05) is 13.1 Å². The first-order valence-electron chi connectivity index (χ1n) is 5.93. The van der Waals surface area contributed by atoms with E-state index in [1.54, 1.807) is 0 Å². The number of carbonyl (C=O) groups excluding carboxylic acids is 1. The molecule has 0 saturated heterocycles. The van der Waals surface area contributed by atoms with E-state index in [-0.39, 0.29) is 17.1 Å². The van der Waals surface area contributed by atoms with Gasteiger partial charge in [-0.15, -0.1) is 0 Å². The Morgan fingerprint density at radius 3 is 2.63 bits per heavy atom. The van der Waals surface area contributed by atoms with Crippen LogP contribution in [0.25, 0.3) is 0 Å². The number of carboxylic acids is 1. The summed E-state index contributed by atoms with van der Waals surface area (Å²) in [6, 6.07) is 3.64. The van der Waals surface area contributed by atoms with Crippen molar-refractivity contribution >= 4 is 23.5 Å². The zero-order chi connectivity index (χ0) is 14.0. The van der Waals surface area contributed by atoms with Gasteiger partial charge in [-0.3, -0.25) is 9.59 Å². The maximum Gasteiger partial charge on any atom is 0.323 e. The van der Waals surface area contributed by atoms with Gasteiger partial charge in [0.05, 0.1) is 5.02 Å². The Labute approximate surface area is 114 Å². The number of benzene rings is 1. The maximum atomic E-state index is 13.0. The topological polar surface area (TPSA) is 57.6 Å². The minimum atomic E-state index is -1.07. The van der Waals surface area contributed by atoms with E-state index >= 15 is 0 Å². The first-order valence-corrected chi connectivity index (χ1v) is 6.31. The predicted molar refractivity (Wildman–Crippen MR) is 67.7 cm³/mol. The van der Waals surface area contributed by atoms with Crippen molar-refractivity contribution in [2.45, 2.75) is 12.8 Å². The number of nitrogens with zero attached hydrogens (tertiary/aromatic N) is 1. The van der Waals surface area contributed by atoms with Gasteiger partial charge in [0.25, 0.3) is 5.91 Å². The number of aliphatic carboxylic acids is 1. The second-order valence-electron chi connectivity index (χ2n) is 4.65. The molecule has 6 heteroatoms. The van der Waals surface area contributed by atoms with Crippen molar-refractivity contribution in [3.05, 3.63) is 34.6 Å². The molecule has 1 amide bonds. The summed E-state index contributed by atoms with van der Waals surface area (Å²) < 4.78 is 13.0. The molecular formula is C13H13ClFNO3. The summed E-state index contributed by atoms with van der Waals surface area (Å²) in [6.07, 6.45) is 2.02. The molecule has 1 saturated carbocycles. The van der Waals surface area contributed by atoms with Crippen LogP contribution >= 0.6 is 11.6 Å². The molecule has 0 bridgehead atoms. The molecule has 4 nitrogen and oxygen atoms in total. The van der Waals surface area contributed by atoms with Gasteiger partial charge in [-0.1, -0.05) is 11.6 Å². The third kappa shape index (κ3) is 3.67. The minimum absolute atomic E-state index is 0.146. The molecule has 0 atom stereocenters. The maximum absolute atomic E-state index is 13.0. The summed E-state index contributed by atoms with van der Waals surface area (Å²) in [6.45, 7) is 0.0600. The zero-order valence-electron chi connectivity index (χ0n) is 10.1. The quantitative estimate of drug-likeness (QED) is 0.904. The summed E-state index contributed by atoms with van der Waals surface area (Å²) in [5.41, 5.74) is 0.202. The predicted octanol–water partition coefficient (Wildman–Crippen LogP) is 2.42. The van der Waals surface area contributed by atoms with Gasteiger partial charge in [-0.05, 0) is 37.0 Å². The number of carboxylic acid groups (broad SMARTS) is 1. The van der Waals surface area contributed by atoms with Gasteiger partial charge < -0.3 is 10.0 Å². The van der Waals surface area contributed by atoms with Crippen LogP contribution in [0.4, 0.5) is 4.39 Å². The second-order valence-corrected chi connectivity index (χ2v) is 5.06. The van der Waals surface area contributed by atoms with E-state index in [1.807, 2.05) is 0 Å². The Bertz CT molecular complexity index is 517. The molecule has 19 heavy (non-hydrogen) atoms. The first kappa shape index (κ1) is 13.8. The van der Waals surface area contributed by atoms with Crippen LogP contribution in [-0.4, -0.2) is 35.0 Å². The average molecular weight is 286 g/mol. The number of halogens is 2. The number of carbonyl (C=O) groups is 2. The van der Waals surface area contributed by atoms with Gasteiger partial charge in [0.1, 0.15) is 12.4 Å². The Balaban J connectivity index is 2.16. The monoisotopic (exact) mass is 285 g/mol. The standard InChI is InChI=1S/C13H13ClFNO3/c14-10-5-9(3-4-11(10)15)13(19)16(7-12(17)18)6-8-1-2-8/h3-5,8H,1-2,6-7H2,(H,17,18). The third-order valence-corrected chi connectivity index (χ3v) is 3.25. The van der Waals surface area contributed by atoms with E-state index in [2.05, 4.69) is 0 Å². The zero-order valence-corrected chi connectivity index (χ0v) is 10.9. The lowest BCUT2D eigenvalue weighted by Gasteiger charge is -2.20. The highest BCUT2D eigenvalue weighted by atomic mass is 35.5. The lowest BCUT2D eigenvalue weighted by atomic mass is 10.2. The molecule has 1 fully saturated rings. The Morgan fingerprint density at radius 1 is 1.42 bits per heavy atom. The molecule has 1 aromatic rings. The van der Waals surface area contributed by atoms with Gasteiger partial charge in [0.15, 0.2) is 0 Å². The van der Waals surface area contributed by atoms with Crippen LogP contribution in [0.15, 0.2) is 18.2 Å². The Morgan fingerprint density at radius 2 is 2.11 bits per heavy atom. The third-order valence-electron chi connectivity index (χ3n) is 2.96. The smallest absolute Gasteiger partial charge is 0.323 e. The number of hydrogen-bond donors (Lipinski definition) is 1. The van der Waals surface area contributed by atoms with Crippen molar-refractivity contribution in [3.63, 3.8) is 0 Å². The van der Waals surface area contributed by atoms with Gasteiger partial charge >= 0.3 is 5.97 Å². The Hall–Kier alpha value is -1.62. The van der Waals surface area contributed by atoms with Crippen molar-refractivity contribution in [2.24, 2.45) is 5.92 Å². The molecule has 0 heterocycles. The molecule has 0 aliphatic heterocycles. The highest BCUT2D eigenvalue weighted by Crippen LogP contribution is 2.30. The SMILES string of the molecule is O=C(O)CN(CC1CC1)C(=O)c1ccc(F)c(Cl)c1. The van der Waals surface area contributed by atoms with Crippen LogP contribution in [0.5, 0.6) is 0 Å². The summed E-state index contributed by atoms with van der Waals surface area (Å²) in [5, 5.41) is 8.69. The second kappa shape index (κ2) is 5.57. The number of hydrogen-bond acceptors (Lipinski definition) is 2. The fourth-order valence-electron chi connectivity index (χ4n) is 1.81. The molecule has 102 valence electrons. The molecule has 0 radical (unpaired) electrons. The fraction of sp³-hybridized carbons (Fsp3) is 0.385. The molecule has 0 spiro atoms. The van der Waals surface area contributed by atoms with Crippen molar-refractivity contribution in [3.8, 4) is 0 Å². The van der Waals surface area contributed by atoms with E-state index in [0.29, 0.717) is 12.5 Å². The van der Waals surface area contributed by atoms with E-state index in [0.717, 1.165) is 18.9 Å². The van der Waals surface area contributed by atoms with E-state index < -0.39 is 17.7 Å². The number of rotatable bonds is 5. The van der Waals surface area contributed by atoms with Gasteiger partial charge in [0.2, 0.25) is 0 Å². The fourth-order valence-corrected chi connectivity index (χ4v) is 1.99. The first-order chi connectivity index (χ1) is 8.97. The summed E-state index contributed by atoms with van der Waals surface area (Å²) >= 11 is 5.62. The molecule has 1 aliphatic carbocycles. The van der Waals surface area contributed by atoms with E-state index in [9.17, 15) is 14.0 Å². The van der Waals surface area contributed by atoms with Gasteiger partial charge in [0, 0.05) is 12.1 Å². The molecule has 0 unspecified atom stereocenters. The molecule has 2 rings (SSSR count). The van der Waals surface area contributed by atoms with Crippen LogP contribution in [0.3, 0.4) is 0 Å².